The fourth-order valence-corrected chi connectivity index (χ4v) is 1.82. The van der Waals surface area contributed by atoms with Gasteiger partial charge in [-0.1, -0.05) is 35.0 Å². The summed E-state index contributed by atoms with van der Waals surface area (Å²) in [5.74, 6) is -0.0148. The summed E-state index contributed by atoms with van der Waals surface area (Å²) < 4.78 is 1.51. The van der Waals surface area contributed by atoms with Crippen LogP contribution in [0.5, 0.6) is 0 Å². The molecule has 0 radical (unpaired) electrons. The van der Waals surface area contributed by atoms with Crippen molar-refractivity contribution in [1.29, 1.82) is 0 Å². The van der Waals surface area contributed by atoms with Gasteiger partial charge in [0.05, 0.1) is 11.9 Å². The number of nitrogens with two attached hydrogens (primary N) is 1. The topological polar surface area (TPSA) is 77.0 Å². The monoisotopic (exact) mass is 273 g/mol. The normalized spacial score (nSPS) is 10.6. The standard InChI is InChI=1S/C14H19N5O/c1-11-3-5-12(6-4-11)8-18(2)14(20)10-19-9-13(7-15)16-17-19/h3-6,9H,7-8,10,15H2,1-2H3. The Balaban J connectivity index is 1.93. The third-order valence-electron chi connectivity index (χ3n) is 3.06. The third-order valence-corrected chi connectivity index (χ3v) is 3.06. The molecule has 0 aliphatic heterocycles. The van der Waals surface area contributed by atoms with Crippen molar-refractivity contribution in [3.63, 3.8) is 0 Å². The van der Waals surface area contributed by atoms with Crippen LogP contribution in [0.2, 0.25) is 0 Å². The predicted octanol–water partition coefficient (Wildman–Crippen LogP) is 0.704. The molecule has 6 nitrogen and oxygen atoms in total. The van der Waals surface area contributed by atoms with Gasteiger partial charge in [-0.15, -0.1) is 5.10 Å². The Bertz CT molecular complexity index is 576. The molecule has 0 unspecified atom stereocenters. The van der Waals surface area contributed by atoms with Crippen molar-refractivity contribution in [2.24, 2.45) is 5.73 Å². The van der Waals surface area contributed by atoms with Crippen molar-refractivity contribution in [1.82, 2.24) is 19.9 Å². The first-order valence-corrected chi connectivity index (χ1v) is 6.47. The molecule has 0 aliphatic rings. The Morgan fingerprint density at radius 2 is 2.05 bits per heavy atom. The zero-order valence-electron chi connectivity index (χ0n) is 11.8. The van der Waals surface area contributed by atoms with Crippen LogP contribution < -0.4 is 5.73 Å². The Kier molecular flexibility index (Phi) is 4.47. The zero-order valence-corrected chi connectivity index (χ0v) is 11.8. The van der Waals surface area contributed by atoms with Gasteiger partial charge in [0.15, 0.2) is 0 Å². The summed E-state index contributed by atoms with van der Waals surface area (Å²) >= 11 is 0. The summed E-state index contributed by atoms with van der Waals surface area (Å²) in [7, 11) is 1.78. The van der Waals surface area contributed by atoms with Crippen molar-refractivity contribution in [3.8, 4) is 0 Å². The first-order chi connectivity index (χ1) is 9.58. The van der Waals surface area contributed by atoms with Crippen molar-refractivity contribution < 1.29 is 4.79 Å². The number of nitrogens with zero attached hydrogens (tertiary/aromatic N) is 4. The van der Waals surface area contributed by atoms with Gasteiger partial charge in [-0.25, -0.2) is 4.68 Å². The molecule has 0 aliphatic carbocycles. The van der Waals surface area contributed by atoms with Crippen molar-refractivity contribution >= 4 is 5.91 Å². The molecule has 2 rings (SSSR count). The minimum atomic E-state index is -0.0148. The molecule has 1 amide bonds. The number of aromatic nitrogens is 3. The van der Waals surface area contributed by atoms with Gasteiger partial charge in [0.2, 0.25) is 5.91 Å². The molecule has 1 aromatic heterocycles. The molecule has 1 heterocycles. The lowest BCUT2D eigenvalue weighted by molar-refractivity contribution is -0.131. The van der Waals surface area contributed by atoms with Gasteiger partial charge >= 0.3 is 0 Å². The smallest absolute Gasteiger partial charge is 0.244 e. The first-order valence-electron chi connectivity index (χ1n) is 6.47. The highest BCUT2D eigenvalue weighted by Gasteiger charge is 2.11. The maximum absolute atomic E-state index is 12.1. The van der Waals surface area contributed by atoms with E-state index in [4.69, 9.17) is 5.73 Å². The number of amides is 1. The maximum atomic E-state index is 12.1. The highest BCUT2D eigenvalue weighted by atomic mass is 16.2. The second-order valence-electron chi connectivity index (χ2n) is 4.85. The van der Waals surface area contributed by atoms with Gasteiger partial charge in [0, 0.05) is 20.1 Å². The second kappa shape index (κ2) is 6.29. The summed E-state index contributed by atoms with van der Waals surface area (Å²) in [4.78, 5) is 13.8. The van der Waals surface area contributed by atoms with E-state index in [1.54, 1.807) is 18.1 Å². The average molecular weight is 273 g/mol. The van der Waals surface area contributed by atoms with Crippen LogP contribution in [-0.2, 0) is 24.4 Å². The van der Waals surface area contributed by atoms with Crippen LogP contribution >= 0.6 is 0 Å². The number of carbonyl (C=O) groups is 1. The van der Waals surface area contributed by atoms with Crippen LogP contribution in [0, 0.1) is 6.92 Å². The van der Waals surface area contributed by atoms with E-state index >= 15 is 0 Å². The van der Waals surface area contributed by atoms with Gasteiger partial charge < -0.3 is 10.6 Å². The van der Waals surface area contributed by atoms with E-state index in [9.17, 15) is 4.79 Å². The van der Waals surface area contributed by atoms with E-state index in [1.165, 1.54) is 10.2 Å². The number of hydrogen-bond donors (Lipinski definition) is 1. The first kappa shape index (κ1) is 14.2. The van der Waals surface area contributed by atoms with Crippen LogP contribution in [0.25, 0.3) is 0 Å². The molecular weight excluding hydrogens is 254 g/mol. The number of carbonyl (C=O) groups excluding carboxylic acids is 1. The lowest BCUT2D eigenvalue weighted by Gasteiger charge is -2.17. The molecule has 20 heavy (non-hydrogen) atoms. The summed E-state index contributed by atoms with van der Waals surface area (Å²) in [6.45, 7) is 3.12. The molecular formula is C14H19N5O. The van der Waals surface area contributed by atoms with E-state index in [0.29, 0.717) is 18.8 Å². The molecule has 0 saturated heterocycles. The molecule has 106 valence electrons. The number of likely N-dealkylation sites (N-methyl/N-ethyl adjacent to an activating group) is 1. The van der Waals surface area contributed by atoms with Crippen LogP contribution in [0.3, 0.4) is 0 Å². The Labute approximate surface area is 118 Å². The Morgan fingerprint density at radius 3 is 2.65 bits per heavy atom. The highest BCUT2D eigenvalue weighted by molar-refractivity contribution is 5.75. The molecule has 2 aromatic rings. The van der Waals surface area contributed by atoms with Crippen molar-refractivity contribution in [2.75, 3.05) is 7.05 Å². The highest BCUT2D eigenvalue weighted by Crippen LogP contribution is 2.06. The van der Waals surface area contributed by atoms with Crippen LogP contribution in [0.4, 0.5) is 0 Å². The number of hydrogen-bond acceptors (Lipinski definition) is 4. The zero-order chi connectivity index (χ0) is 14.5. The lowest BCUT2D eigenvalue weighted by Crippen LogP contribution is -2.30. The SMILES string of the molecule is Cc1ccc(CN(C)C(=O)Cn2cc(CN)nn2)cc1. The third kappa shape index (κ3) is 3.64. The van der Waals surface area contributed by atoms with Gasteiger partial charge in [-0.3, -0.25) is 4.79 Å². The molecule has 1 aromatic carbocycles. The van der Waals surface area contributed by atoms with E-state index in [-0.39, 0.29) is 12.5 Å². The number of benzene rings is 1. The summed E-state index contributed by atoms with van der Waals surface area (Å²) in [6, 6.07) is 8.14. The fourth-order valence-electron chi connectivity index (χ4n) is 1.82. The molecule has 0 bridgehead atoms. The van der Waals surface area contributed by atoms with Crippen LogP contribution in [-0.4, -0.2) is 32.8 Å². The summed E-state index contributed by atoms with van der Waals surface area (Å²) in [6.07, 6.45) is 1.69. The maximum Gasteiger partial charge on any atom is 0.244 e. The van der Waals surface area contributed by atoms with Crippen molar-refractivity contribution in [2.45, 2.75) is 26.6 Å². The predicted molar refractivity (Wildman–Crippen MR) is 75.6 cm³/mol. The molecule has 2 N–H and O–H groups in total. The van der Waals surface area contributed by atoms with Gasteiger partial charge in [0.25, 0.3) is 0 Å². The van der Waals surface area contributed by atoms with Gasteiger partial charge in [-0.05, 0) is 12.5 Å². The van der Waals surface area contributed by atoms with Gasteiger partial charge in [0.1, 0.15) is 6.54 Å². The fraction of sp³-hybridized carbons (Fsp3) is 0.357. The van der Waals surface area contributed by atoms with E-state index in [1.807, 2.05) is 31.2 Å². The molecule has 0 spiro atoms. The molecule has 0 atom stereocenters. The average Bonchev–Trinajstić information content (AvgIpc) is 2.89. The van der Waals surface area contributed by atoms with Crippen LogP contribution in [0.15, 0.2) is 30.5 Å². The Morgan fingerprint density at radius 1 is 1.35 bits per heavy atom. The minimum Gasteiger partial charge on any atom is -0.340 e. The number of aryl methyl sites for hydroxylation is 1. The minimum absolute atomic E-state index is 0.0148. The lowest BCUT2D eigenvalue weighted by atomic mass is 10.1. The Hall–Kier alpha value is -2.21. The quantitative estimate of drug-likeness (QED) is 0.870. The van der Waals surface area contributed by atoms with E-state index in [2.05, 4.69) is 10.3 Å². The molecule has 0 fully saturated rings. The summed E-state index contributed by atoms with van der Waals surface area (Å²) in [5, 5.41) is 7.73. The largest absolute Gasteiger partial charge is 0.340 e. The van der Waals surface area contributed by atoms with E-state index in [0.717, 1.165) is 5.56 Å². The summed E-state index contributed by atoms with van der Waals surface area (Å²) in [5.41, 5.74) is 8.45. The van der Waals surface area contributed by atoms with Crippen LogP contribution in [0.1, 0.15) is 16.8 Å². The number of rotatable bonds is 5. The second-order valence-corrected chi connectivity index (χ2v) is 4.85. The molecule has 0 saturated carbocycles. The van der Waals surface area contributed by atoms with Crippen molar-refractivity contribution in [3.05, 3.63) is 47.3 Å². The van der Waals surface area contributed by atoms with E-state index < -0.39 is 0 Å². The molecule has 6 heteroatoms. The van der Waals surface area contributed by atoms with Gasteiger partial charge in [-0.2, -0.15) is 0 Å².